The Morgan fingerprint density at radius 1 is 0.789 bits per heavy atom. The molecule has 0 radical (unpaired) electrons. The molecule has 2 heterocycles. The maximum Gasteiger partial charge on any atom is 0.268 e. The zero-order chi connectivity index (χ0) is 27.7. The zero-order valence-corrected chi connectivity index (χ0v) is 22.8. The molecule has 1 N–H and O–H groups in total. The molecule has 2 aromatic rings. The zero-order valence-electron chi connectivity index (χ0n) is 21.1. The second-order valence-electron chi connectivity index (χ2n) is 9.73. The van der Waals surface area contributed by atoms with Crippen LogP contribution in [0, 0.1) is 0 Å². The highest BCUT2D eigenvalue weighted by Gasteiger charge is 2.44. The second kappa shape index (κ2) is 10.3. The molecule has 2 amide bonds. The molecule has 4 rings (SSSR count). The van der Waals surface area contributed by atoms with Crippen molar-refractivity contribution >= 4 is 41.7 Å². The number of carbonyl (C=O) groups excluding carboxylic acids is 2. The Balaban J connectivity index is 1.29. The highest BCUT2D eigenvalue weighted by molar-refractivity contribution is 8.00. The summed E-state index contributed by atoms with van der Waals surface area (Å²) in [7, 11) is -7.82. The Morgan fingerprint density at radius 2 is 1.32 bits per heavy atom. The van der Waals surface area contributed by atoms with Crippen LogP contribution in [0.2, 0.25) is 0 Å². The molecule has 2 aliphatic rings. The van der Waals surface area contributed by atoms with Crippen LogP contribution in [0.3, 0.4) is 0 Å². The summed E-state index contributed by atoms with van der Waals surface area (Å²) in [4.78, 5) is 23.7. The molecule has 0 aliphatic carbocycles. The molecule has 10 nitrogen and oxygen atoms in total. The van der Waals surface area contributed by atoms with Crippen molar-refractivity contribution < 1.29 is 35.9 Å². The van der Waals surface area contributed by atoms with Crippen molar-refractivity contribution in [2.45, 2.75) is 39.2 Å². The van der Waals surface area contributed by atoms with Crippen LogP contribution in [0.5, 0.6) is 11.5 Å². The van der Waals surface area contributed by atoms with Crippen molar-refractivity contribution in [2.24, 2.45) is 0 Å². The maximum atomic E-state index is 13.0. The van der Waals surface area contributed by atoms with E-state index in [9.17, 15) is 26.4 Å². The van der Waals surface area contributed by atoms with Gasteiger partial charge in [0.25, 0.3) is 31.9 Å². The lowest BCUT2D eigenvalue weighted by Gasteiger charge is -2.30. The molecule has 0 saturated heterocycles. The minimum atomic E-state index is -3.97. The number of hydrogen-bond acceptors (Lipinski definition) is 8. The number of carbonyl (C=O) groups is 2. The molecule has 0 fully saturated rings. The number of nitrogens with one attached hydrogen (secondary N) is 1. The Kier molecular flexibility index (Phi) is 7.39. The normalized spacial score (nSPS) is 18.1. The Labute approximate surface area is 222 Å². The van der Waals surface area contributed by atoms with E-state index < -0.39 is 37.4 Å². The van der Waals surface area contributed by atoms with E-state index in [4.69, 9.17) is 9.47 Å². The number of amides is 2. The monoisotopic (exact) mass is 560 g/mol. The molecule has 38 heavy (non-hydrogen) atoms. The summed E-state index contributed by atoms with van der Waals surface area (Å²) in [5, 5.41) is 0. The van der Waals surface area contributed by atoms with Crippen LogP contribution < -0.4 is 14.2 Å². The third-order valence-corrected chi connectivity index (χ3v) is 9.20. The third-order valence-electron chi connectivity index (χ3n) is 5.68. The molecule has 0 bridgehead atoms. The molecule has 0 aromatic heterocycles. The van der Waals surface area contributed by atoms with Crippen LogP contribution in [0.25, 0.3) is 9.81 Å². The molecular weight excluding hydrogens is 532 g/mol. The highest BCUT2D eigenvalue weighted by Crippen LogP contribution is 2.36. The molecule has 2 aromatic carbocycles. The minimum absolute atomic E-state index is 0.0557. The topological polar surface area (TPSA) is 136 Å². The number of benzene rings is 2. The maximum absolute atomic E-state index is 13.0. The van der Waals surface area contributed by atoms with Crippen LogP contribution >= 0.6 is 0 Å². The van der Waals surface area contributed by atoms with E-state index in [0.29, 0.717) is 48.7 Å². The van der Waals surface area contributed by atoms with Gasteiger partial charge < -0.3 is 9.47 Å². The van der Waals surface area contributed by atoms with E-state index in [1.165, 1.54) is 0 Å². The minimum Gasteiger partial charge on any atom is -0.494 e. The van der Waals surface area contributed by atoms with Gasteiger partial charge in [0.1, 0.15) is 21.3 Å². The van der Waals surface area contributed by atoms with Crippen molar-refractivity contribution in [1.82, 2.24) is 9.03 Å². The van der Waals surface area contributed by atoms with E-state index in [-0.39, 0.29) is 9.81 Å². The first kappa shape index (κ1) is 27.4. The van der Waals surface area contributed by atoms with Gasteiger partial charge in [-0.3, -0.25) is 9.59 Å². The first-order valence-electron chi connectivity index (χ1n) is 11.9. The van der Waals surface area contributed by atoms with Gasteiger partial charge in [-0.05, 0) is 69.0 Å². The van der Waals surface area contributed by atoms with Crippen LogP contribution in [0.4, 0.5) is 0 Å². The van der Waals surface area contributed by atoms with Gasteiger partial charge in [-0.25, -0.2) is 25.9 Å². The first-order valence-corrected chi connectivity index (χ1v) is 14.8. The Hall–Kier alpha value is -3.64. The predicted molar refractivity (Wildman–Crippen MR) is 142 cm³/mol. The third kappa shape index (κ3) is 5.76. The van der Waals surface area contributed by atoms with Crippen LogP contribution in [-0.4, -0.2) is 51.7 Å². The van der Waals surface area contributed by atoms with Crippen molar-refractivity contribution in [1.29, 1.82) is 0 Å². The van der Waals surface area contributed by atoms with Crippen molar-refractivity contribution in [2.75, 3.05) is 13.2 Å². The van der Waals surface area contributed by atoms with Gasteiger partial charge >= 0.3 is 0 Å². The second-order valence-corrected chi connectivity index (χ2v) is 13.1. The molecule has 0 atom stereocenters. The van der Waals surface area contributed by atoms with Crippen molar-refractivity contribution in [3.05, 3.63) is 71.8 Å². The molecule has 0 spiro atoms. The number of sulfonamides is 2. The average molecular weight is 561 g/mol. The summed E-state index contributed by atoms with van der Waals surface area (Å²) in [5.74, 6) is -0.311. The molecule has 202 valence electrons. The summed E-state index contributed by atoms with van der Waals surface area (Å²) in [6.45, 7) is 5.69. The average Bonchev–Trinajstić information content (AvgIpc) is 3.25. The van der Waals surface area contributed by atoms with Gasteiger partial charge in [-0.1, -0.05) is 24.3 Å². The van der Waals surface area contributed by atoms with E-state index in [1.807, 2.05) is 4.72 Å². The standard InChI is InChI=1S/C26H28N2O8S2/c1-26(2,3)28-25(30)17-23(38(28,33)34)19-9-7-11-21(15-19)36-13-5-4-12-35-20-10-6-8-18(14-20)22-16-24(29)27-37(22,31)32/h6-11,14-17H,4-5,12-13H2,1-3H3,(H,27,29). The van der Waals surface area contributed by atoms with Crippen LogP contribution in [-0.2, 0) is 29.6 Å². The number of hydrogen-bond donors (Lipinski definition) is 1. The van der Waals surface area contributed by atoms with Gasteiger partial charge in [0, 0.05) is 12.2 Å². The molecule has 2 aliphatic heterocycles. The number of ether oxygens (including phenoxy) is 2. The Bertz CT molecular complexity index is 1550. The van der Waals surface area contributed by atoms with E-state index >= 15 is 0 Å². The number of unbranched alkanes of at least 4 members (excludes halogenated alkanes) is 1. The van der Waals surface area contributed by atoms with E-state index in [0.717, 1.165) is 16.5 Å². The van der Waals surface area contributed by atoms with Gasteiger partial charge in [0.15, 0.2) is 0 Å². The predicted octanol–water partition coefficient (Wildman–Crippen LogP) is 3.04. The highest BCUT2D eigenvalue weighted by atomic mass is 32.2. The van der Waals surface area contributed by atoms with Gasteiger partial charge in [-0.2, -0.15) is 0 Å². The SMILES string of the molecule is CC(C)(C)N1C(=O)C=C(c2cccc(OCCCCOc3cccc(C4=CC(=O)NS4(=O)=O)c3)c2)S1(=O)=O. The van der Waals surface area contributed by atoms with Crippen molar-refractivity contribution in [3.63, 3.8) is 0 Å². The smallest absolute Gasteiger partial charge is 0.268 e. The largest absolute Gasteiger partial charge is 0.494 e. The fourth-order valence-corrected chi connectivity index (χ4v) is 7.12. The lowest BCUT2D eigenvalue weighted by molar-refractivity contribution is -0.124. The van der Waals surface area contributed by atoms with Crippen LogP contribution in [0.15, 0.2) is 60.7 Å². The Morgan fingerprint density at radius 3 is 1.76 bits per heavy atom. The van der Waals surface area contributed by atoms with Gasteiger partial charge in [-0.15, -0.1) is 0 Å². The molecular formula is C26H28N2O8S2. The van der Waals surface area contributed by atoms with Gasteiger partial charge in [0.2, 0.25) is 0 Å². The quantitative estimate of drug-likeness (QED) is 0.462. The van der Waals surface area contributed by atoms with E-state index in [1.54, 1.807) is 69.3 Å². The number of rotatable bonds is 9. The summed E-state index contributed by atoms with van der Waals surface area (Å²) in [5.41, 5.74) is -0.147. The molecule has 0 unspecified atom stereocenters. The summed E-state index contributed by atoms with van der Waals surface area (Å²) < 4.78 is 64.3. The first-order chi connectivity index (χ1) is 17.8. The molecule has 0 saturated carbocycles. The van der Waals surface area contributed by atoms with Crippen molar-refractivity contribution in [3.8, 4) is 11.5 Å². The van der Waals surface area contributed by atoms with Gasteiger partial charge in [0.05, 0.1) is 18.8 Å². The van der Waals surface area contributed by atoms with E-state index in [2.05, 4.69) is 0 Å². The fraction of sp³-hybridized carbons (Fsp3) is 0.308. The summed E-state index contributed by atoms with van der Waals surface area (Å²) >= 11 is 0. The van der Waals surface area contributed by atoms with Crippen LogP contribution in [0.1, 0.15) is 44.7 Å². The lowest BCUT2D eigenvalue weighted by atomic mass is 10.1. The summed E-state index contributed by atoms with van der Waals surface area (Å²) in [6.07, 6.45) is 3.45. The summed E-state index contributed by atoms with van der Waals surface area (Å²) in [6, 6.07) is 13.1. The molecule has 12 heteroatoms. The lowest BCUT2D eigenvalue weighted by Crippen LogP contribution is -2.45. The number of nitrogens with zero attached hydrogens (tertiary/aromatic N) is 1. The fourth-order valence-electron chi connectivity index (χ4n) is 4.10.